The third kappa shape index (κ3) is 2.63. The van der Waals surface area contributed by atoms with Gasteiger partial charge >= 0.3 is 0 Å². The second kappa shape index (κ2) is 4.44. The quantitative estimate of drug-likeness (QED) is 0.800. The Morgan fingerprint density at radius 3 is 2.75 bits per heavy atom. The van der Waals surface area contributed by atoms with E-state index in [0.717, 1.165) is 11.8 Å². The summed E-state index contributed by atoms with van der Waals surface area (Å²) in [6.07, 6.45) is 0. The summed E-state index contributed by atoms with van der Waals surface area (Å²) >= 11 is 12.6. The summed E-state index contributed by atoms with van der Waals surface area (Å²) in [5.41, 5.74) is 0. The van der Waals surface area contributed by atoms with Crippen LogP contribution in [-0.4, -0.2) is 18.7 Å². The first-order chi connectivity index (χ1) is 7.48. The highest BCUT2D eigenvalue weighted by molar-refractivity contribution is 8.24. The molecule has 0 N–H and O–H groups in total. The van der Waals surface area contributed by atoms with E-state index in [2.05, 4.69) is 4.40 Å². The van der Waals surface area contributed by atoms with Gasteiger partial charge < -0.3 is 4.74 Å². The highest BCUT2D eigenvalue weighted by Gasteiger charge is 2.23. The van der Waals surface area contributed by atoms with Crippen molar-refractivity contribution >= 4 is 50.2 Å². The maximum atomic E-state index is 11.0. The Morgan fingerprint density at radius 2 is 2.12 bits per heavy atom. The van der Waals surface area contributed by atoms with Crippen LogP contribution in [0.3, 0.4) is 0 Å². The molecule has 0 spiro atoms. The molecule has 8 heteroatoms. The normalized spacial score (nSPS) is 18.2. The van der Waals surface area contributed by atoms with Crippen molar-refractivity contribution in [3.8, 4) is 5.75 Å². The van der Waals surface area contributed by atoms with E-state index in [-0.39, 0.29) is 21.1 Å². The third-order valence-electron chi connectivity index (χ3n) is 1.66. The fourth-order valence-electron chi connectivity index (χ4n) is 0.996. The molecule has 1 heterocycles. The van der Waals surface area contributed by atoms with E-state index in [9.17, 15) is 8.42 Å². The molecule has 0 fully saturated rings. The first-order valence-corrected chi connectivity index (χ1v) is 7.40. The lowest BCUT2D eigenvalue weighted by Crippen LogP contribution is -2.01. The van der Waals surface area contributed by atoms with Crippen LogP contribution in [0.1, 0.15) is 0 Å². The van der Waals surface area contributed by atoms with Crippen molar-refractivity contribution in [2.24, 2.45) is 4.40 Å². The Morgan fingerprint density at radius 1 is 1.38 bits per heavy atom. The van der Waals surface area contributed by atoms with Crippen LogP contribution in [0, 0.1) is 0 Å². The zero-order chi connectivity index (χ0) is 11.8. The highest BCUT2D eigenvalue weighted by Crippen LogP contribution is 2.33. The monoisotopic (exact) mass is 297 g/mol. The number of thioether (sulfide) groups is 1. The molecule has 0 amide bonds. The van der Waals surface area contributed by atoms with Crippen molar-refractivity contribution in [1.29, 1.82) is 0 Å². The molecule has 0 unspecified atom stereocenters. The van der Waals surface area contributed by atoms with Crippen LogP contribution in [0.15, 0.2) is 22.6 Å². The summed E-state index contributed by atoms with van der Waals surface area (Å²) in [5.74, 6) is 0.289. The zero-order valence-corrected chi connectivity index (χ0v) is 10.8. The van der Waals surface area contributed by atoms with Gasteiger partial charge in [-0.15, -0.1) is 4.40 Å². The van der Waals surface area contributed by atoms with Crippen LogP contribution in [0.25, 0.3) is 0 Å². The van der Waals surface area contributed by atoms with Gasteiger partial charge in [-0.3, -0.25) is 0 Å². The average molecular weight is 298 g/mol. The van der Waals surface area contributed by atoms with E-state index >= 15 is 0 Å². The Bertz CT molecular complexity index is 556. The molecule has 0 saturated heterocycles. The predicted octanol–water partition coefficient (Wildman–Crippen LogP) is 2.76. The number of rotatable bonds is 1. The summed E-state index contributed by atoms with van der Waals surface area (Å²) in [6, 6.07) is 4.84. The van der Waals surface area contributed by atoms with Crippen LogP contribution >= 0.6 is 35.0 Å². The van der Waals surface area contributed by atoms with E-state index in [1.54, 1.807) is 18.2 Å². The Hall–Kier alpha value is -0.430. The molecule has 16 heavy (non-hydrogen) atoms. The van der Waals surface area contributed by atoms with Crippen molar-refractivity contribution < 1.29 is 13.2 Å². The molecule has 0 atom stereocenters. The average Bonchev–Trinajstić information content (AvgIpc) is 2.53. The van der Waals surface area contributed by atoms with Gasteiger partial charge in [-0.25, -0.2) is 8.42 Å². The lowest BCUT2D eigenvalue weighted by molar-refractivity contribution is 0.566. The van der Waals surface area contributed by atoms with Gasteiger partial charge in [-0.2, -0.15) is 0 Å². The third-order valence-corrected chi connectivity index (χ3v) is 5.10. The van der Waals surface area contributed by atoms with E-state index < -0.39 is 10.0 Å². The summed E-state index contributed by atoms with van der Waals surface area (Å²) < 4.78 is 30.7. The van der Waals surface area contributed by atoms with Crippen LogP contribution in [-0.2, 0) is 10.0 Å². The minimum atomic E-state index is -3.39. The molecule has 0 aliphatic carbocycles. The zero-order valence-electron chi connectivity index (χ0n) is 7.68. The lowest BCUT2D eigenvalue weighted by Gasteiger charge is -2.05. The number of halogens is 2. The fraction of sp³-hybridized carbons (Fsp3) is 0.125. The minimum absolute atomic E-state index is 0.0594. The molecule has 1 aliphatic heterocycles. The SMILES string of the molecule is O=S1(=O)CSC(Oc2cccc(Cl)c2Cl)=N1. The van der Waals surface area contributed by atoms with Crippen molar-refractivity contribution in [2.45, 2.75) is 0 Å². The molecule has 0 aromatic heterocycles. The van der Waals surface area contributed by atoms with Gasteiger partial charge in [0.25, 0.3) is 15.3 Å². The Kier molecular flexibility index (Phi) is 3.34. The van der Waals surface area contributed by atoms with E-state index in [1.165, 1.54) is 0 Å². The van der Waals surface area contributed by atoms with E-state index in [4.69, 9.17) is 27.9 Å². The minimum Gasteiger partial charge on any atom is -0.432 e. The maximum Gasteiger partial charge on any atom is 0.268 e. The summed E-state index contributed by atoms with van der Waals surface area (Å²) in [6.45, 7) is 0. The molecule has 4 nitrogen and oxygen atoms in total. The lowest BCUT2D eigenvalue weighted by atomic mass is 10.3. The molecule has 1 aliphatic rings. The largest absolute Gasteiger partial charge is 0.432 e. The Labute approximate surface area is 107 Å². The molecule has 0 saturated carbocycles. The molecule has 0 bridgehead atoms. The molecular formula is C8H5Cl2NO3S2. The summed E-state index contributed by atoms with van der Waals surface area (Å²) in [5, 5.41) is 0.520. The molecule has 0 radical (unpaired) electrons. The molecular weight excluding hydrogens is 293 g/mol. The first kappa shape index (κ1) is 12.0. The summed E-state index contributed by atoms with van der Waals surface area (Å²) in [7, 11) is -3.39. The van der Waals surface area contributed by atoms with Gasteiger partial charge in [0, 0.05) is 0 Å². The number of sulfonamides is 1. The second-order valence-electron chi connectivity index (χ2n) is 2.86. The predicted molar refractivity (Wildman–Crippen MR) is 65.9 cm³/mol. The van der Waals surface area contributed by atoms with Crippen LogP contribution in [0.4, 0.5) is 0 Å². The van der Waals surface area contributed by atoms with Gasteiger partial charge in [-0.05, 0) is 23.9 Å². The summed E-state index contributed by atoms with van der Waals surface area (Å²) in [4.78, 5) is 0. The Balaban J connectivity index is 2.26. The van der Waals surface area contributed by atoms with E-state index in [1.807, 2.05) is 0 Å². The van der Waals surface area contributed by atoms with Crippen LogP contribution in [0.2, 0.25) is 10.0 Å². The molecule has 1 aromatic carbocycles. The van der Waals surface area contributed by atoms with Crippen molar-refractivity contribution in [2.75, 3.05) is 5.08 Å². The topological polar surface area (TPSA) is 55.7 Å². The number of ether oxygens (including phenoxy) is 1. The van der Waals surface area contributed by atoms with Gasteiger partial charge in [0.1, 0.15) is 15.9 Å². The van der Waals surface area contributed by atoms with Crippen LogP contribution in [0.5, 0.6) is 5.75 Å². The fourth-order valence-corrected chi connectivity index (χ4v) is 3.50. The maximum absolute atomic E-state index is 11.0. The van der Waals surface area contributed by atoms with Gasteiger partial charge in [0.2, 0.25) is 0 Å². The molecule has 2 rings (SSSR count). The van der Waals surface area contributed by atoms with Gasteiger partial charge in [0.15, 0.2) is 0 Å². The van der Waals surface area contributed by atoms with Gasteiger partial charge in [0.05, 0.1) is 5.02 Å². The number of nitrogens with zero attached hydrogens (tertiary/aromatic N) is 1. The highest BCUT2D eigenvalue weighted by atomic mass is 35.5. The van der Waals surface area contributed by atoms with Crippen molar-refractivity contribution in [3.05, 3.63) is 28.2 Å². The molecule has 86 valence electrons. The standard InChI is InChI=1S/C8H5Cl2NO3S2/c9-5-2-1-3-6(7(5)10)14-8-11-16(12,13)4-15-8/h1-3H,4H2. The van der Waals surface area contributed by atoms with E-state index in [0.29, 0.717) is 5.02 Å². The number of hydrogen-bond acceptors (Lipinski definition) is 4. The smallest absolute Gasteiger partial charge is 0.268 e. The van der Waals surface area contributed by atoms with Gasteiger partial charge in [-0.1, -0.05) is 29.3 Å². The second-order valence-corrected chi connectivity index (χ2v) is 6.57. The first-order valence-electron chi connectivity index (χ1n) is 4.05. The van der Waals surface area contributed by atoms with Crippen molar-refractivity contribution in [1.82, 2.24) is 0 Å². The number of benzene rings is 1. The number of hydrogen-bond donors (Lipinski definition) is 0. The molecule has 1 aromatic rings. The van der Waals surface area contributed by atoms with Crippen LogP contribution < -0.4 is 4.74 Å². The van der Waals surface area contributed by atoms with Crippen molar-refractivity contribution in [3.63, 3.8) is 0 Å².